The maximum Gasteiger partial charge on any atom is 0.230 e. The highest BCUT2D eigenvalue weighted by Gasteiger charge is 2.21. The van der Waals surface area contributed by atoms with Crippen LogP contribution in [0.1, 0.15) is 26.2 Å². The molecule has 1 aliphatic rings. The Morgan fingerprint density at radius 3 is 3.06 bits per heavy atom. The third kappa shape index (κ3) is 4.81. The van der Waals surface area contributed by atoms with Gasteiger partial charge in [-0.3, -0.25) is 4.79 Å². The van der Waals surface area contributed by atoms with Gasteiger partial charge in [-0.2, -0.15) is 0 Å². The first-order valence-corrected chi connectivity index (χ1v) is 8.05. The van der Waals surface area contributed by atoms with Crippen molar-refractivity contribution < 1.29 is 4.79 Å². The van der Waals surface area contributed by atoms with Crippen molar-refractivity contribution in [1.82, 2.24) is 15.5 Å². The maximum absolute atomic E-state index is 11.5. The summed E-state index contributed by atoms with van der Waals surface area (Å²) < 4.78 is 0.843. The summed E-state index contributed by atoms with van der Waals surface area (Å²) in [6.07, 6.45) is 3.58. The molecule has 1 aliphatic carbocycles. The number of thioether (sulfide) groups is 1. The van der Waals surface area contributed by atoms with Gasteiger partial charge in [0.1, 0.15) is 0 Å². The molecule has 2 rings (SSSR count). The predicted octanol–water partition coefficient (Wildman–Crippen LogP) is 1.98. The molecule has 1 amide bonds. The number of nitrogens with zero attached hydrogens (tertiary/aromatic N) is 2. The van der Waals surface area contributed by atoms with Crippen molar-refractivity contribution in [2.45, 2.75) is 30.5 Å². The zero-order chi connectivity index (χ0) is 12.8. The molecule has 0 atom stereocenters. The smallest absolute Gasteiger partial charge is 0.230 e. The zero-order valence-electron chi connectivity index (χ0n) is 10.4. The second-order valence-electron chi connectivity index (χ2n) is 4.34. The first-order chi connectivity index (χ1) is 8.78. The highest BCUT2D eigenvalue weighted by molar-refractivity contribution is 8.01. The summed E-state index contributed by atoms with van der Waals surface area (Å²) >= 11 is 2.95. The molecule has 1 aromatic heterocycles. The molecule has 0 aliphatic heterocycles. The van der Waals surface area contributed by atoms with E-state index in [2.05, 4.69) is 27.8 Å². The van der Waals surface area contributed by atoms with Crippen LogP contribution in [-0.2, 0) is 4.79 Å². The SMILES string of the molecule is CCCNc1nnc(SCC(=O)NCC2CC2)s1. The van der Waals surface area contributed by atoms with Gasteiger partial charge >= 0.3 is 0 Å². The fourth-order valence-electron chi connectivity index (χ4n) is 1.33. The largest absolute Gasteiger partial charge is 0.360 e. The van der Waals surface area contributed by atoms with E-state index in [4.69, 9.17) is 0 Å². The quantitative estimate of drug-likeness (QED) is 0.715. The standard InChI is InChI=1S/C11H18N4OS2/c1-2-5-12-10-14-15-11(18-10)17-7-9(16)13-6-8-3-4-8/h8H,2-7H2,1H3,(H,12,14)(H,13,16). The van der Waals surface area contributed by atoms with Gasteiger partial charge in [-0.1, -0.05) is 30.0 Å². The lowest BCUT2D eigenvalue weighted by molar-refractivity contribution is -0.118. The number of nitrogens with one attached hydrogen (secondary N) is 2. The molecule has 0 aromatic carbocycles. The first kappa shape index (κ1) is 13.6. The summed E-state index contributed by atoms with van der Waals surface area (Å²) in [6.45, 7) is 3.84. The molecule has 1 aromatic rings. The van der Waals surface area contributed by atoms with Crippen molar-refractivity contribution in [1.29, 1.82) is 0 Å². The van der Waals surface area contributed by atoms with Gasteiger partial charge in [0.05, 0.1) is 5.75 Å². The second-order valence-corrected chi connectivity index (χ2v) is 6.54. The van der Waals surface area contributed by atoms with E-state index in [1.54, 1.807) is 0 Å². The Balaban J connectivity index is 1.65. The minimum atomic E-state index is 0.0881. The fourth-order valence-corrected chi connectivity index (χ4v) is 2.94. The van der Waals surface area contributed by atoms with Gasteiger partial charge in [0.15, 0.2) is 4.34 Å². The van der Waals surface area contributed by atoms with Crippen LogP contribution < -0.4 is 10.6 Å². The first-order valence-electron chi connectivity index (χ1n) is 6.24. The lowest BCUT2D eigenvalue weighted by Gasteiger charge is -2.01. The van der Waals surface area contributed by atoms with Gasteiger partial charge in [-0.05, 0) is 25.2 Å². The van der Waals surface area contributed by atoms with Crippen LogP contribution >= 0.6 is 23.1 Å². The fraction of sp³-hybridized carbons (Fsp3) is 0.727. The lowest BCUT2D eigenvalue weighted by atomic mass is 10.4. The average molecular weight is 286 g/mol. The van der Waals surface area contributed by atoms with Crippen LogP contribution in [0, 0.1) is 5.92 Å². The Morgan fingerprint density at radius 2 is 2.33 bits per heavy atom. The van der Waals surface area contributed by atoms with Crippen molar-refractivity contribution in [3.63, 3.8) is 0 Å². The van der Waals surface area contributed by atoms with Crippen LogP contribution in [0.25, 0.3) is 0 Å². The normalized spacial score (nSPS) is 14.5. The van der Waals surface area contributed by atoms with Crippen molar-refractivity contribution >= 4 is 34.1 Å². The molecular weight excluding hydrogens is 268 g/mol. The number of rotatable bonds is 8. The monoisotopic (exact) mass is 286 g/mol. The third-order valence-electron chi connectivity index (χ3n) is 2.54. The van der Waals surface area contributed by atoms with E-state index in [9.17, 15) is 4.79 Å². The summed E-state index contributed by atoms with van der Waals surface area (Å²) in [5.41, 5.74) is 0. The zero-order valence-corrected chi connectivity index (χ0v) is 12.1. The Kier molecular flexibility index (Phi) is 5.25. The molecule has 1 heterocycles. The minimum absolute atomic E-state index is 0.0881. The number of carbonyl (C=O) groups excluding carboxylic acids is 1. The minimum Gasteiger partial charge on any atom is -0.360 e. The summed E-state index contributed by atoms with van der Waals surface area (Å²) in [4.78, 5) is 11.5. The molecule has 2 N–H and O–H groups in total. The lowest BCUT2D eigenvalue weighted by Crippen LogP contribution is -2.27. The molecule has 0 saturated heterocycles. The van der Waals surface area contributed by atoms with Gasteiger partial charge in [0.25, 0.3) is 0 Å². The molecular formula is C11H18N4OS2. The van der Waals surface area contributed by atoms with Crippen molar-refractivity contribution in [2.24, 2.45) is 5.92 Å². The van der Waals surface area contributed by atoms with Crippen molar-refractivity contribution in [2.75, 3.05) is 24.2 Å². The Bertz CT molecular complexity index is 392. The number of amides is 1. The summed E-state index contributed by atoms with van der Waals surface area (Å²) in [6, 6.07) is 0. The molecule has 0 unspecified atom stereocenters. The van der Waals surface area contributed by atoms with Gasteiger partial charge in [-0.25, -0.2) is 0 Å². The van der Waals surface area contributed by atoms with E-state index in [0.717, 1.165) is 34.9 Å². The van der Waals surface area contributed by atoms with E-state index in [0.29, 0.717) is 5.75 Å². The van der Waals surface area contributed by atoms with Crippen LogP contribution in [0.4, 0.5) is 5.13 Å². The average Bonchev–Trinajstić information content (AvgIpc) is 3.10. The number of hydrogen-bond acceptors (Lipinski definition) is 6. The van der Waals surface area contributed by atoms with Crippen LogP contribution in [0.2, 0.25) is 0 Å². The number of anilines is 1. The van der Waals surface area contributed by atoms with Crippen LogP contribution in [0.15, 0.2) is 4.34 Å². The van der Waals surface area contributed by atoms with Crippen LogP contribution in [0.5, 0.6) is 0 Å². The van der Waals surface area contributed by atoms with E-state index >= 15 is 0 Å². The molecule has 7 heteroatoms. The van der Waals surface area contributed by atoms with Gasteiger partial charge < -0.3 is 10.6 Å². The highest BCUT2D eigenvalue weighted by atomic mass is 32.2. The summed E-state index contributed by atoms with van der Waals surface area (Å²) in [5.74, 6) is 1.24. The predicted molar refractivity (Wildman–Crippen MR) is 75.1 cm³/mol. The van der Waals surface area contributed by atoms with E-state index in [1.165, 1.54) is 35.9 Å². The number of hydrogen-bond donors (Lipinski definition) is 2. The molecule has 100 valence electrons. The highest BCUT2D eigenvalue weighted by Crippen LogP contribution is 2.28. The molecule has 1 fully saturated rings. The van der Waals surface area contributed by atoms with E-state index in [-0.39, 0.29) is 5.91 Å². The summed E-state index contributed by atoms with van der Waals surface area (Å²) in [5, 5.41) is 15.0. The van der Waals surface area contributed by atoms with E-state index in [1.807, 2.05) is 0 Å². The molecule has 1 saturated carbocycles. The molecule has 0 bridgehead atoms. The second kappa shape index (κ2) is 6.94. The number of carbonyl (C=O) groups is 1. The Labute approximate surface area is 115 Å². The van der Waals surface area contributed by atoms with Gasteiger partial charge in [0.2, 0.25) is 11.0 Å². The molecule has 0 radical (unpaired) electrons. The Morgan fingerprint density at radius 1 is 1.50 bits per heavy atom. The number of aromatic nitrogens is 2. The van der Waals surface area contributed by atoms with Gasteiger partial charge in [-0.15, -0.1) is 10.2 Å². The van der Waals surface area contributed by atoms with Crippen molar-refractivity contribution in [3.05, 3.63) is 0 Å². The topological polar surface area (TPSA) is 66.9 Å². The Hall–Kier alpha value is -0.820. The molecule has 5 nitrogen and oxygen atoms in total. The van der Waals surface area contributed by atoms with Crippen molar-refractivity contribution in [3.8, 4) is 0 Å². The third-order valence-corrected chi connectivity index (χ3v) is 4.56. The van der Waals surface area contributed by atoms with E-state index < -0.39 is 0 Å². The van der Waals surface area contributed by atoms with Crippen LogP contribution in [-0.4, -0.2) is 34.9 Å². The summed E-state index contributed by atoms with van der Waals surface area (Å²) in [7, 11) is 0. The maximum atomic E-state index is 11.5. The molecule has 0 spiro atoms. The van der Waals surface area contributed by atoms with Crippen LogP contribution in [0.3, 0.4) is 0 Å². The molecule has 18 heavy (non-hydrogen) atoms. The van der Waals surface area contributed by atoms with Gasteiger partial charge in [0, 0.05) is 13.1 Å².